The topological polar surface area (TPSA) is 50.4 Å². The van der Waals surface area contributed by atoms with Crippen molar-refractivity contribution in [1.82, 2.24) is 0 Å². The molecule has 0 saturated heterocycles. The third-order valence-corrected chi connectivity index (χ3v) is 2.63. The number of hydrogen-bond acceptors (Lipinski definition) is 3. The Labute approximate surface area is 111 Å². The maximum Gasteiger partial charge on any atom is 0.298 e. The van der Waals surface area contributed by atoms with Crippen molar-refractivity contribution in [2.75, 3.05) is 0 Å². The van der Waals surface area contributed by atoms with E-state index in [1.54, 1.807) is 12.1 Å². The monoisotopic (exact) mass is 256 g/mol. The highest BCUT2D eigenvalue weighted by Crippen LogP contribution is 2.27. The molecule has 1 N–H and O–H groups in total. The minimum Gasteiger partial charge on any atom is -0.504 e. The van der Waals surface area contributed by atoms with Crippen LogP contribution in [0.15, 0.2) is 42.7 Å². The zero-order valence-electron chi connectivity index (χ0n) is 10.5. The number of pyridine rings is 1. The van der Waals surface area contributed by atoms with Gasteiger partial charge in [0.1, 0.15) is 7.05 Å². The Kier molecular flexibility index (Phi) is 3.93. The molecule has 0 aliphatic heterocycles. The molecule has 0 radical (unpaired) electrons. The number of aryl methyl sites for hydroxylation is 1. The number of aromatic hydroxyl groups is 1. The zero-order chi connectivity index (χ0) is 13.7. The lowest BCUT2D eigenvalue weighted by atomic mass is 10.1. The van der Waals surface area contributed by atoms with Crippen LogP contribution in [0.4, 0.5) is 0 Å². The van der Waals surface area contributed by atoms with Crippen molar-refractivity contribution in [2.45, 2.75) is 0 Å². The van der Waals surface area contributed by atoms with Crippen molar-refractivity contribution in [1.29, 1.82) is 0 Å². The molecule has 1 aromatic carbocycles. The van der Waals surface area contributed by atoms with Crippen LogP contribution in [0, 0.1) is 0 Å². The molecule has 0 aliphatic rings. The number of hydrogen-bond donors (Lipinski definition) is 1. The average Bonchev–Trinajstić information content (AvgIpc) is 2.42. The van der Waals surface area contributed by atoms with E-state index >= 15 is 0 Å². The summed E-state index contributed by atoms with van der Waals surface area (Å²) in [6.07, 6.45) is 7.73. The Morgan fingerprint density at radius 3 is 2.47 bits per heavy atom. The largest absolute Gasteiger partial charge is 0.504 e. The van der Waals surface area contributed by atoms with Gasteiger partial charge in [-0.3, -0.25) is 4.79 Å². The van der Waals surface area contributed by atoms with E-state index in [1.165, 1.54) is 6.07 Å². The molecule has 0 atom stereocenters. The first kappa shape index (κ1) is 12.8. The Morgan fingerprint density at radius 2 is 1.79 bits per heavy atom. The van der Waals surface area contributed by atoms with Gasteiger partial charge in [0.15, 0.2) is 23.9 Å². The number of rotatable bonds is 4. The Hall–Kier alpha value is -2.62. The molecule has 1 aromatic heterocycles. The predicted molar refractivity (Wildman–Crippen MR) is 71.3 cm³/mol. The third kappa shape index (κ3) is 3.42. The Morgan fingerprint density at radius 1 is 1.11 bits per heavy atom. The maximum atomic E-state index is 10.3. The molecule has 0 fully saturated rings. The SMILES string of the molecule is C[n+]1ccc(/C=C/c2ccc(O)c(OC=O)c2)cc1. The molecular weight excluding hydrogens is 242 g/mol. The van der Waals surface area contributed by atoms with E-state index < -0.39 is 0 Å². The van der Waals surface area contributed by atoms with Gasteiger partial charge in [-0.2, -0.15) is 0 Å². The van der Waals surface area contributed by atoms with Gasteiger partial charge in [0.2, 0.25) is 0 Å². The highest BCUT2D eigenvalue weighted by molar-refractivity contribution is 5.71. The number of phenols is 1. The van der Waals surface area contributed by atoms with Crippen molar-refractivity contribution < 1.29 is 19.2 Å². The van der Waals surface area contributed by atoms with Crippen LogP contribution in [0.5, 0.6) is 11.5 Å². The summed E-state index contributed by atoms with van der Waals surface area (Å²) < 4.78 is 6.63. The molecule has 0 aliphatic carbocycles. The van der Waals surface area contributed by atoms with Crippen molar-refractivity contribution in [3.8, 4) is 11.5 Å². The Bertz CT molecular complexity index is 603. The van der Waals surface area contributed by atoms with E-state index in [0.717, 1.165) is 11.1 Å². The predicted octanol–water partition coefficient (Wildman–Crippen LogP) is 1.92. The molecule has 0 bridgehead atoms. The summed E-state index contributed by atoms with van der Waals surface area (Å²) in [7, 11) is 1.95. The molecule has 1 heterocycles. The number of ether oxygens (including phenoxy) is 1. The second kappa shape index (κ2) is 5.82. The van der Waals surface area contributed by atoms with E-state index in [4.69, 9.17) is 0 Å². The lowest BCUT2D eigenvalue weighted by Crippen LogP contribution is -2.25. The third-order valence-electron chi connectivity index (χ3n) is 2.63. The van der Waals surface area contributed by atoms with Crippen LogP contribution < -0.4 is 9.30 Å². The summed E-state index contributed by atoms with van der Waals surface area (Å²) in [5.41, 5.74) is 1.90. The van der Waals surface area contributed by atoms with Crippen LogP contribution in [0.25, 0.3) is 12.2 Å². The van der Waals surface area contributed by atoms with Crippen molar-refractivity contribution in [3.05, 3.63) is 53.9 Å². The highest BCUT2D eigenvalue weighted by atomic mass is 16.5. The molecule has 2 rings (SSSR count). The molecule has 0 spiro atoms. The van der Waals surface area contributed by atoms with Crippen LogP contribution >= 0.6 is 0 Å². The number of aromatic nitrogens is 1. The van der Waals surface area contributed by atoms with Crippen molar-refractivity contribution in [2.24, 2.45) is 7.05 Å². The van der Waals surface area contributed by atoms with Gasteiger partial charge in [-0.05, 0) is 23.3 Å². The number of benzene rings is 1. The van der Waals surface area contributed by atoms with Crippen LogP contribution in [0.1, 0.15) is 11.1 Å². The fourth-order valence-corrected chi connectivity index (χ4v) is 1.60. The average molecular weight is 256 g/mol. The minimum atomic E-state index is -0.0593. The van der Waals surface area contributed by atoms with E-state index in [-0.39, 0.29) is 11.5 Å². The maximum absolute atomic E-state index is 10.3. The standard InChI is InChI=1S/C15H13NO3/c1-16-8-6-12(7-9-16)2-3-13-4-5-14(18)15(10-13)19-11-17/h2-11H,1H3/p+1. The van der Waals surface area contributed by atoms with E-state index in [9.17, 15) is 9.90 Å². The summed E-state index contributed by atoms with van der Waals surface area (Å²) in [5, 5.41) is 9.47. The van der Waals surface area contributed by atoms with Crippen LogP contribution in [-0.4, -0.2) is 11.6 Å². The molecule has 2 aromatic rings. The Balaban J connectivity index is 2.20. The van der Waals surface area contributed by atoms with Crippen LogP contribution in [0.3, 0.4) is 0 Å². The van der Waals surface area contributed by atoms with Gasteiger partial charge in [0, 0.05) is 12.1 Å². The normalized spacial score (nSPS) is 10.6. The smallest absolute Gasteiger partial charge is 0.298 e. The summed E-state index contributed by atoms with van der Waals surface area (Å²) in [6, 6.07) is 8.80. The quantitative estimate of drug-likeness (QED) is 0.671. The summed E-state index contributed by atoms with van der Waals surface area (Å²) in [4.78, 5) is 10.3. The van der Waals surface area contributed by atoms with E-state index in [0.29, 0.717) is 6.47 Å². The molecule has 96 valence electrons. The first-order valence-electron chi connectivity index (χ1n) is 5.76. The minimum absolute atomic E-state index is 0.0593. The fraction of sp³-hybridized carbons (Fsp3) is 0.0667. The fourth-order valence-electron chi connectivity index (χ4n) is 1.60. The van der Waals surface area contributed by atoms with Gasteiger partial charge in [0.05, 0.1) is 0 Å². The van der Waals surface area contributed by atoms with Gasteiger partial charge < -0.3 is 9.84 Å². The highest BCUT2D eigenvalue weighted by Gasteiger charge is 2.02. The van der Waals surface area contributed by atoms with Gasteiger partial charge in [-0.1, -0.05) is 18.2 Å². The summed E-state index contributed by atoms with van der Waals surface area (Å²) in [6.45, 7) is 0.291. The van der Waals surface area contributed by atoms with Gasteiger partial charge in [-0.15, -0.1) is 0 Å². The second-order valence-corrected chi connectivity index (χ2v) is 4.07. The molecule has 0 saturated carbocycles. The number of nitrogens with zero attached hydrogens (tertiary/aromatic N) is 1. The summed E-state index contributed by atoms with van der Waals surface area (Å²) >= 11 is 0. The molecule has 0 amide bonds. The first-order chi connectivity index (χ1) is 9.19. The summed E-state index contributed by atoms with van der Waals surface area (Å²) in [5.74, 6) is 0.0904. The number of carbonyl (C=O) groups is 1. The lowest BCUT2D eigenvalue weighted by molar-refractivity contribution is -0.671. The lowest BCUT2D eigenvalue weighted by Gasteiger charge is -2.02. The van der Waals surface area contributed by atoms with Crippen LogP contribution in [-0.2, 0) is 11.8 Å². The second-order valence-electron chi connectivity index (χ2n) is 4.07. The zero-order valence-corrected chi connectivity index (χ0v) is 10.5. The first-order valence-corrected chi connectivity index (χ1v) is 5.76. The molecule has 4 heteroatoms. The van der Waals surface area contributed by atoms with Crippen molar-refractivity contribution >= 4 is 18.6 Å². The molecule has 0 unspecified atom stereocenters. The number of carbonyl (C=O) groups excluding carboxylic acids is 1. The van der Waals surface area contributed by atoms with Crippen molar-refractivity contribution in [3.63, 3.8) is 0 Å². The molecular formula is C15H14NO3+. The van der Waals surface area contributed by atoms with E-state index in [1.807, 2.05) is 48.3 Å². The molecule has 4 nitrogen and oxygen atoms in total. The van der Waals surface area contributed by atoms with Gasteiger partial charge in [0.25, 0.3) is 6.47 Å². The van der Waals surface area contributed by atoms with Gasteiger partial charge in [-0.25, -0.2) is 4.57 Å². The van der Waals surface area contributed by atoms with Crippen LogP contribution in [0.2, 0.25) is 0 Å². The van der Waals surface area contributed by atoms with E-state index in [2.05, 4.69) is 4.74 Å². The number of phenolic OH excluding ortho intramolecular Hbond substituents is 1. The van der Waals surface area contributed by atoms with Gasteiger partial charge >= 0.3 is 0 Å². The molecule has 19 heavy (non-hydrogen) atoms.